The molecule has 0 heterocycles. The third-order valence-corrected chi connectivity index (χ3v) is 8.88. The van der Waals surface area contributed by atoms with Crippen LogP contribution in [0.15, 0.2) is 24.3 Å². The third kappa shape index (κ3) is 11.4. The van der Waals surface area contributed by atoms with Crippen LogP contribution in [0.4, 0.5) is 0 Å². The SMILES string of the molecule is CCCCSC(=S)SCc1ccc(CSC(=S)SCCCC)cc1. The molecule has 0 aliphatic carbocycles. The van der Waals surface area contributed by atoms with Crippen molar-refractivity contribution in [2.24, 2.45) is 0 Å². The van der Waals surface area contributed by atoms with Gasteiger partial charge in [0, 0.05) is 11.5 Å². The summed E-state index contributed by atoms with van der Waals surface area (Å²) in [7, 11) is 0. The highest BCUT2D eigenvalue weighted by molar-refractivity contribution is 8.47. The van der Waals surface area contributed by atoms with E-state index in [1.165, 1.54) is 36.8 Å². The molecular formula is C18H26S6. The highest BCUT2D eigenvalue weighted by atomic mass is 32.2. The van der Waals surface area contributed by atoms with Crippen LogP contribution in [-0.4, -0.2) is 18.6 Å². The minimum atomic E-state index is 0.969. The zero-order chi connectivity index (χ0) is 17.6. The van der Waals surface area contributed by atoms with E-state index in [2.05, 4.69) is 38.1 Å². The summed E-state index contributed by atoms with van der Waals surface area (Å²) in [6.07, 6.45) is 4.97. The smallest absolute Gasteiger partial charge is 0.104 e. The molecule has 0 aromatic heterocycles. The predicted octanol–water partition coefficient (Wildman–Crippen LogP) is 7.79. The molecule has 0 N–H and O–H groups in total. The Bertz CT molecular complexity index is 438. The van der Waals surface area contributed by atoms with Gasteiger partial charge in [-0.15, -0.1) is 47.0 Å². The van der Waals surface area contributed by atoms with E-state index < -0.39 is 0 Å². The number of thiocarbonyl (C=S) groups is 2. The normalized spacial score (nSPS) is 10.8. The average molecular weight is 435 g/mol. The lowest BCUT2D eigenvalue weighted by molar-refractivity contribution is 0.898. The number of benzene rings is 1. The van der Waals surface area contributed by atoms with Crippen LogP contribution in [0, 0.1) is 0 Å². The Hall–Kier alpha value is 0.800. The van der Waals surface area contributed by atoms with Crippen molar-refractivity contribution >= 4 is 78.5 Å². The van der Waals surface area contributed by atoms with Crippen molar-refractivity contribution in [1.82, 2.24) is 0 Å². The van der Waals surface area contributed by atoms with E-state index in [-0.39, 0.29) is 0 Å². The summed E-state index contributed by atoms with van der Waals surface area (Å²) in [5, 5.41) is 0. The first-order valence-electron chi connectivity index (χ1n) is 8.32. The van der Waals surface area contributed by atoms with Gasteiger partial charge in [-0.1, -0.05) is 75.4 Å². The van der Waals surface area contributed by atoms with E-state index in [0.29, 0.717) is 0 Å². The number of hydrogen-bond donors (Lipinski definition) is 0. The van der Waals surface area contributed by atoms with Crippen LogP contribution in [0.2, 0.25) is 0 Å². The molecule has 0 nitrogen and oxygen atoms in total. The Morgan fingerprint density at radius 3 is 1.42 bits per heavy atom. The fourth-order valence-corrected chi connectivity index (χ4v) is 6.23. The van der Waals surface area contributed by atoms with E-state index in [4.69, 9.17) is 24.4 Å². The molecule has 1 aromatic carbocycles. The van der Waals surface area contributed by atoms with Crippen molar-refractivity contribution < 1.29 is 0 Å². The van der Waals surface area contributed by atoms with E-state index in [0.717, 1.165) is 30.1 Å². The molecule has 0 radical (unpaired) electrons. The molecule has 0 amide bonds. The van der Waals surface area contributed by atoms with Crippen molar-refractivity contribution in [1.29, 1.82) is 0 Å². The standard InChI is InChI=1S/C18H26S6/c1-3-5-11-21-17(19)23-13-15-7-9-16(10-8-15)14-24-18(20)22-12-6-4-2/h7-10H,3-6,11-14H2,1-2H3. The van der Waals surface area contributed by atoms with Gasteiger partial charge >= 0.3 is 0 Å². The number of rotatable bonds is 10. The fraction of sp³-hybridized carbons (Fsp3) is 0.556. The summed E-state index contributed by atoms with van der Waals surface area (Å²) >= 11 is 18.0. The van der Waals surface area contributed by atoms with Crippen molar-refractivity contribution in [3.8, 4) is 0 Å². The number of hydrogen-bond acceptors (Lipinski definition) is 6. The molecule has 0 aliphatic heterocycles. The second-order valence-electron chi connectivity index (χ2n) is 5.30. The average Bonchev–Trinajstić information content (AvgIpc) is 2.59. The molecule has 6 heteroatoms. The maximum absolute atomic E-state index is 5.41. The highest BCUT2D eigenvalue weighted by Gasteiger charge is 2.03. The number of unbranched alkanes of at least 4 members (excludes halogenated alkanes) is 2. The summed E-state index contributed by atoms with van der Waals surface area (Å²) < 4.78 is 2.13. The van der Waals surface area contributed by atoms with E-state index in [1.807, 2.05) is 23.5 Å². The Morgan fingerprint density at radius 2 is 1.08 bits per heavy atom. The van der Waals surface area contributed by atoms with Gasteiger partial charge in [-0.3, -0.25) is 0 Å². The van der Waals surface area contributed by atoms with Gasteiger partial charge in [0.25, 0.3) is 0 Å². The summed E-state index contributed by atoms with van der Waals surface area (Å²) in [6, 6.07) is 8.87. The molecular weight excluding hydrogens is 409 g/mol. The lowest BCUT2D eigenvalue weighted by atomic mass is 10.2. The van der Waals surface area contributed by atoms with Crippen molar-refractivity contribution in [3.05, 3.63) is 35.4 Å². The van der Waals surface area contributed by atoms with E-state index in [9.17, 15) is 0 Å². The van der Waals surface area contributed by atoms with Gasteiger partial charge in [0.05, 0.1) is 0 Å². The van der Waals surface area contributed by atoms with Crippen LogP contribution in [0.25, 0.3) is 0 Å². The van der Waals surface area contributed by atoms with Crippen molar-refractivity contribution in [3.63, 3.8) is 0 Å². The molecule has 1 rings (SSSR count). The zero-order valence-corrected chi connectivity index (χ0v) is 19.3. The summed E-state index contributed by atoms with van der Waals surface area (Å²) in [5.74, 6) is 4.23. The second-order valence-corrected chi connectivity index (χ2v) is 11.8. The van der Waals surface area contributed by atoms with Gasteiger partial charge in [-0.05, 0) is 35.5 Å². The molecule has 0 atom stereocenters. The van der Waals surface area contributed by atoms with Crippen LogP contribution >= 0.6 is 71.5 Å². The maximum Gasteiger partial charge on any atom is 0.104 e. The van der Waals surface area contributed by atoms with Gasteiger partial charge < -0.3 is 0 Å². The first-order chi connectivity index (χ1) is 11.7. The molecule has 24 heavy (non-hydrogen) atoms. The van der Waals surface area contributed by atoms with Crippen molar-refractivity contribution in [2.45, 2.75) is 51.0 Å². The Labute approximate surface area is 175 Å². The Balaban J connectivity index is 2.25. The van der Waals surface area contributed by atoms with Gasteiger partial charge in [0.2, 0.25) is 0 Å². The van der Waals surface area contributed by atoms with Crippen LogP contribution in [0.5, 0.6) is 0 Å². The van der Waals surface area contributed by atoms with Gasteiger partial charge in [-0.2, -0.15) is 0 Å². The minimum Gasteiger partial charge on any atom is -0.108 e. The molecule has 0 bridgehead atoms. The van der Waals surface area contributed by atoms with Gasteiger partial charge in [0.1, 0.15) is 7.06 Å². The summed E-state index contributed by atoms with van der Waals surface area (Å²) in [5.41, 5.74) is 2.68. The van der Waals surface area contributed by atoms with Crippen LogP contribution in [0.1, 0.15) is 50.7 Å². The summed E-state index contributed by atoms with van der Waals surface area (Å²) in [4.78, 5) is 0. The fourth-order valence-electron chi connectivity index (χ4n) is 1.70. The zero-order valence-electron chi connectivity index (χ0n) is 14.4. The minimum absolute atomic E-state index is 0.969. The molecule has 134 valence electrons. The van der Waals surface area contributed by atoms with Crippen LogP contribution < -0.4 is 0 Å². The molecule has 0 saturated carbocycles. The quantitative estimate of drug-likeness (QED) is 0.270. The topological polar surface area (TPSA) is 0 Å². The third-order valence-electron chi connectivity index (χ3n) is 3.17. The molecule has 0 spiro atoms. The summed E-state index contributed by atoms with van der Waals surface area (Å²) in [6.45, 7) is 4.43. The van der Waals surface area contributed by atoms with Crippen LogP contribution in [0.3, 0.4) is 0 Å². The molecule has 0 unspecified atom stereocenters. The largest absolute Gasteiger partial charge is 0.108 e. The second kappa shape index (κ2) is 14.9. The maximum atomic E-state index is 5.41. The van der Waals surface area contributed by atoms with E-state index >= 15 is 0 Å². The predicted molar refractivity (Wildman–Crippen MR) is 129 cm³/mol. The lowest BCUT2D eigenvalue weighted by Crippen LogP contribution is -1.90. The van der Waals surface area contributed by atoms with Gasteiger partial charge in [-0.25, -0.2) is 0 Å². The first-order valence-corrected chi connectivity index (χ1v) is 13.1. The molecule has 0 saturated heterocycles. The molecule has 0 aliphatic rings. The van der Waals surface area contributed by atoms with E-state index in [1.54, 1.807) is 23.5 Å². The first kappa shape index (κ1) is 22.8. The Kier molecular flexibility index (Phi) is 14.2. The monoisotopic (exact) mass is 434 g/mol. The Morgan fingerprint density at radius 1 is 0.708 bits per heavy atom. The lowest BCUT2D eigenvalue weighted by Gasteiger charge is -2.06. The van der Waals surface area contributed by atoms with Crippen LogP contribution in [-0.2, 0) is 11.5 Å². The van der Waals surface area contributed by atoms with Gasteiger partial charge in [0.15, 0.2) is 0 Å². The number of thioether (sulfide) groups is 4. The molecule has 0 fully saturated rings. The highest BCUT2D eigenvalue weighted by Crippen LogP contribution is 2.25. The molecule has 1 aromatic rings. The van der Waals surface area contributed by atoms with Crippen molar-refractivity contribution in [2.75, 3.05) is 11.5 Å².